The van der Waals surface area contributed by atoms with Crippen LogP contribution in [0, 0.1) is 0 Å². The van der Waals surface area contributed by atoms with Gasteiger partial charge in [-0.05, 0) is 36.4 Å². The van der Waals surface area contributed by atoms with Crippen LogP contribution < -0.4 is 5.32 Å². The lowest BCUT2D eigenvalue weighted by Gasteiger charge is -2.29. The highest BCUT2D eigenvalue weighted by atomic mass is 16.7. The first-order chi connectivity index (χ1) is 9.30. The van der Waals surface area contributed by atoms with Gasteiger partial charge in [0.2, 0.25) is 0 Å². The fraction of sp³-hybridized carbons (Fsp3) is 0.625. The van der Waals surface area contributed by atoms with Crippen LogP contribution in [0.4, 0.5) is 0 Å². The molecule has 106 valence electrons. The molecule has 0 saturated heterocycles. The van der Waals surface area contributed by atoms with E-state index in [0.717, 1.165) is 12.5 Å². The molecule has 1 aromatic rings. The molecule has 0 aliphatic heterocycles. The van der Waals surface area contributed by atoms with Gasteiger partial charge in [0.1, 0.15) is 0 Å². The van der Waals surface area contributed by atoms with Crippen LogP contribution in [-0.4, -0.2) is 27.1 Å². The Labute approximate surface area is 116 Å². The minimum absolute atomic E-state index is 0.0834. The average Bonchev–Trinajstić information content (AvgIpc) is 2.37. The summed E-state index contributed by atoms with van der Waals surface area (Å²) in [4.78, 5) is 0. The van der Waals surface area contributed by atoms with E-state index in [0.29, 0.717) is 0 Å². The van der Waals surface area contributed by atoms with Crippen LogP contribution in [-0.2, 0) is 9.47 Å². The van der Waals surface area contributed by atoms with Crippen LogP contribution in [0.5, 0.6) is 0 Å². The summed E-state index contributed by atoms with van der Waals surface area (Å²) in [5.74, 6) is 0.755. The van der Waals surface area contributed by atoms with Crippen molar-refractivity contribution in [3.8, 4) is 0 Å². The molecule has 1 aliphatic rings. The molecule has 0 bridgehead atoms. The van der Waals surface area contributed by atoms with Crippen LogP contribution in [0.2, 0.25) is 0 Å². The standard InChI is InChI=1S/C16H25NO2/c1-4-17-15(16(18-2)19-3)14-10-6-9-13(11-14)12-7-5-8-12/h6,9-12,15-17H,4-5,7-8H2,1-3H3. The molecule has 1 aliphatic carbocycles. The van der Waals surface area contributed by atoms with Gasteiger partial charge in [-0.2, -0.15) is 0 Å². The van der Waals surface area contributed by atoms with Crippen molar-refractivity contribution in [3.05, 3.63) is 35.4 Å². The molecule has 1 atom stereocenters. The van der Waals surface area contributed by atoms with Gasteiger partial charge in [-0.15, -0.1) is 0 Å². The van der Waals surface area contributed by atoms with Crippen LogP contribution in [0.3, 0.4) is 0 Å². The maximum Gasteiger partial charge on any atom is 0.176 e. The van der Waals surface area contributed by atoms with E-state index < -0.39 is 0 Å². The van der Waals surface area contributed by atoms with E-state index in [1.165, 1.54) is 30.4 Å². The van der Waals surface area contributed by atoms with E-state index in [1.54, 1.807) is 14.2 Å². The molecular formula is C16H25NO2. The zero-order valence-electron chi connectivity index (χ0n) is 12.2. The molecule has 2 rings (SSSR count). The largest absolute Gasteiger partial charge is 0.354 e. The first-order valence-electron chi connectivity index (χ1n) is 7.19. The number of hydrogen-bond donors (Lipinski definition) is 1. The third kappa shape index (κ3) is 3.35. The Bertz CT molecular complexity index is 386. The normalized spacial score (nSPS) is 17.5. The Morgan fingerprint density at radius 1 is 1.26 bits per heavy atom. The summed E-state index contributed by atoms with van der Waals surface area (Å²) >= 11 is 0. The minimum Gasteiger partial charge on any atom is -0.354 e. The molecular weight excluding hydrogens is 238 g/mol. The Hall–Kier alpha value is -0.900. The lowest BCUT2D eigenvalue weighted by Crippen LogP contribution is -2.34. The van der Waals surface area contributed by atoms with Gasteiger partial charge in [0, 0.05) is 14.2 Å². The highest BCUT2D eigenvalue weighted by Gasteiger charge is 2.24. The maximum atomic E-state index is 5.42. The number of hydrogen-bond acceptors (Lipinski definition) is 3. The van der Waals surface area contributed by atoms with E-state index in [4.69, 9.17) is 9.47 Å². The molecule has 0 heterocycles. The first-order valence-corrected chi connectivity index (χ1v) is 7.19. The molecule has 3 heteroatoms. The van der Waals surface area contributed by atoms with Crippen molar-refractivity contribution in [2.45, 2.75) is 44.4 Å². The SMILES string of the molecule is CCNC(c1cccc(C2CCC2)c1)C(OC)OC. The average molecular weight is 263 g/mol. The summed E-state index contributed by atoms with van der Waals surface area (Å²) in [5, 5.41) is 3.45. The van der Waals surface area contributed by atoms with Gasteiger partial charge in [-0.3, -0.25) is 0 Å². The van der Waals surface area contributed by atoms with Gasteiger partial charge in [0.05, 0.1) is 6.04 Å². The molecule has 1 aromatic carbocycles. The number of likely N-dealkylation sites (N-methyl/N-ethyl adjacent to an activating group) is 1. The predicted octanol–water partition coefficient (Wildman–Crippen LogP) is 3.22. The molecule has 0 spiro atoms. The summed E-state index contributed by atoms with van der Waals surface area (Å²) in [6.45, 7) is 2.99. The van der Waals surface area contributed by atoms with Gasteiger partial charge in [0.15, 0.2) is 6.29 Å². The van der Waals surface area contributed by atoms with Crippen molar-refractivity contribution in [1.82, 2.24) is 5.32 Å². The summed E-state index contributed by atoms with van der Waals surface area (Å²) in [6.07, 6.45) is 3.77. The van der Waals surface area contributed by atoms with E-state index in [9.17, 15) is 0 Å². The molecule has 1 fully saturated rings. The maximum absolute atomic E-state index is 5.42. The van der Waals surface area contributed by atoms with E-state index in [-0.39, 0.29) is 12.3 Å². The van der Waals surface area contributed by atoms with Crippen LogP contribution in [0.25, 0.3) is 0 Å². The molecule has 1 saturated carbocycles. The Morgan fingerprint density at radius 3 is 2.53 bits per heavy atom. The van der Waals surface area contributed by atoms with Crippen molar-refractivity contribution < 1.29 is 9.47 Å². The molecule has 19 heavy (non-hydrogen) atoms. The number of benzene rings is 1. The Kier molecular flexibility index (Phi) is 5.37. The van der Waals surface area contributed by atoms with Gasteiger partial charge < -0.3 is 14.8 Å². The van der Waals surface area contributed by atoms with E-state index >= 15 is 0 Å². The lowest BCUT2D eigenvalue weighted by atomic mass is 9.79. The lowest BCUT2D eigenvalue weighted by molar-refractivity contribution is -0.123. The highest BCUT2D eigenvalue weighted by molar-refractivity contribution is 5.30. The van der Waals surface area contributed by atoms with Crippen LogP contribution in [0.15, 0.2) is 24.3 Å². The Morgan fingerprint density at radius 2 is 2.00 bits per heavy atom. The highest BCUT2D eigenvalue weighted by Crippen LogP contribution is 2.37. The molecule has 1 unspecified atom stereocenters. The molecule has 0 amide bonds. The third-order valence-corrected chi connectivity index (χ3v) is 4.01. The summed E-state index contributed by atoms with van der Waals surface area (Å²) < 4.78 is 10.8. The van der Waals surface area contributed by atoms with Gasteiger partial charge in [-0.1, -0.05) is 37.6 Å². The fourth-order valence-electron chi connectivity index (χ4n) is 2.71. The van der Waals surface area contributed by atoms with Gasteiger partial charge in [0.25, 0.3) is 0 Å². The zero-order chi connectivity index (χ0) is 13.7. The molecule has 0 radical (unpaired) electrons. The second-order valence-corrected chi connectivity index (χ2v) is 5.17. The fourth-order valence-corrected chi connectivity index (χ4v) is 2.71. The van der Waals surface area contributed by atoms with Crippen molar-refractivity contribution >= 4 is 0 Å². The van der Waals surface area contributed by atoms with Crippen LogP contribution in [0.1, 0.15) is 49.3 Å². The van der Waals surface area contributed by atoms with Gasteiger partial charge >= 0.3 is 0 Å². The second-order valence-electron chi connectivity index (χ2n) is 5.17. The van der Waals surface area contributed by atoms with Crippen molar-refractivity contribution in [3.63, 3.8) is 0 Å². The smallest absolute Gasteiger partial charge is 0.176 e. The number of rotatable bonds is 7. The summed E-state index contributed by atoms with van der Waals surface area (Å²) in [7, 11) is 3.38. The summed E-state index contributed by atoms with van der Waals surface area (Å²) in [5.41, 5.74) is 2.71. The summed E-state index contributed by atoms with van der Waals surface area (Å²) in [6, 6.07) is 8.93. The second kappa shape index (κ2) is 7.04. The quantitative estimate of drug-likeness (QED) is 0.766. The molecule has 3 nitrogen and oxygen atoms in total. The third-order valence-electron chi connectivity index (χ3n) is 4.01. The predicted molar refractivity (Wildman–Crippen MR) is 77.3 cm³/mol. The van der Waals surface area contributed by atoms with Crippen molar-refractivity contribution in [2.75, 3.05) is 20.8 Å². The number of methoxy groups -OCH3 is 2. The van der Waals surface area contributed by atoms with Crippen molar-refractivity contribution in [2.24, 2.45) is 0 Å². The topological polar surface area (TPSA) is 30.5 Å². The monoisotopic (exact) mass is 263 g/mol. The van der Waals surface area contributed by atoms with E-state index in [2.05, 4.69) is 36.5 Å². The minimum atomic E-state index is -0.253. The van der Waals surface area contributed by atoms with E-state index in [1.807, 2.05) is 0 Å². The molecule has 1 N–H and O–H groups in total. The van der Waals surface area contributed by atoms with Crippen molar-refractivity contribution in [1.29, 1.82) is 0 Å². The number of ether oxygens (including phenoxy) is 2. The van der Waals surface area contributed by atoms with Gasteiger partial charge in [-0.25, -0.2) is 0 Å². The zero-order valence-corrected chi connectivity index (χ0v) is 12.2. The Balaban J connectivity index is 2.19. The van der Waals surface area contributed by atoms with Crippen LogP contribution >= 0.6 is 0 Å². The first kappa shape index (κ1) is 14.5. The molecule has 0 aromatic heterocycles. The number of nitrogens with one attached hydrogen (secondary N) is 1.